The van der Waals surface area contributed by atoms with Crippen molar-refractivity contribution in [3.63, 3.8) is 0 Å². The molecule has 0 fully saturated rings. The lowest BCUT2D eigenvalue weighted by molar-refractivity contribution is -0.138. The zero-order valence-electron chi connectivity index (χ0n) is 12.0. The minimum atomic E-state index is -4.63. The van der Waals surface area contributed by atoms with Gasteiger partial charge in [0, 0.05) is 6.07 Å². The molecule has 124 valence electrons. The van der Waals surface area contributed by atoms with Crippen molar-refractivity contribution < 1.29 is 27.2 Å². The Balaban J connectivity index is 1.71. The van der Waals surface area contributed by atoms with Gasteiger partial charge in [-0.1, -0.05) is 23.4 Å². The Bertz CT molecular complexity index is 840. The van der Waals surface area contributed by atoms with E-state index in [1.807, 2.05) is 17.5 Å². The first-order chi connectivity index (χ1) is 11.4. The van der Waals surface area contributed by atoms with Crippen molar-refractivity contribution in [2.75, 3.05) is 0 Å². The van der Waals surface area contributed by atoms with E-state index in [0.717, 1.165) is 17.0 Å². The van der Waals surface area contributed by atoms with Crippen LogP contribution in [-0.2, 0) is 17.5 Å². The molecule has 4 nitrogen and oxygen atoms in total. The highest BCUT2D eigenvalue weighted by molar-refractivity contribution is 7.13. The SMILES string of the molecule is O=C(OCc1cc(-c2cccs2)on1)c1ccccc1C(F)(F)F. The number of nitrogens with zero attached hydrogens (tertiary/aromatic N) is 1. The Labute approximate surface area is 138 Å². The maximum Gasteiger partial charge on any atom is 0.417 e. The molecular weight excluding hydrogens is 343 g/mol. The first-order valence-electron chi connectivity index (χ1n) is 6.78. The van der Waals surface area contributed by atoms with E-state index >= 15 is 0 Å². The van der Waals surface area contributed by atoms with Gasteiger partial charge in [-0.15, -0.1) is 11.3 Å². The van der Waals surface area contributed by atoms with Crippen LogP contribution >= 0.6 is 11.3 Å². The van der Waals surface area contributed by atoms with E-state index < -0.39 is 23.3 Å². The molecule has 24 heavy (non-hydrogen) atoms. The summed E-state index contributed by atoms with van der Waals surface area (Å²) in [4.78, 5) is 12.8. The second kappa shape index (κ2) is 6.48. The predicted octanol–water partition coefficient (Wildman–Crippen LogP) is 4.78. The topological polar surface area (TPSA) is 52.3 Å². The monoisotopic (exact) mass is 353 g/mol. The van der Waals surface area contributed by atoms with Gasteiger partial charge in [0.1, 0.15) is 12.3 Å². The number of halogens is 3. The number of esters is 1. The van der Waals surface area contributed by atoms with Crippen molar-refractivity contribution >= 4 is 17.3 Å². The molecule has 0 saturated carbocycles. The molecule has 2 aromatic heterocycles. The minimum absolute atomic E-state index is 0.278. The summed E-state index contributed by atoms with van der Waals surface area (Å²) in [5.74, 6) is -0.560. The molecule has 0 spiro atoms. The van der Waals surface area contributed by atoms with E-state index in [2.05, 4.69) is 5.16 Å². The van der Waals surface area contributed by atoms with Crippen molar-refractivity contribution in [1.82, 2.24) is 5.16 Å². The number of rotatable bonds is 4. The predicted molar refractivity (Wildman–Crippen MR) is 80.4 cm³/mol. The third-order valence-electron chi connectivity index (χ3n) is 3.13. The van der Waals surface area contributed by atoms with Crippen molar-refractivity contribution in [1.29, 1.82) is 0 Å². The van der Waals surface area contributed by atoms with Crippen LogP contribution in [0.1, 0.15) is 21.6 Å². The van der Waals surface area contributed by atoms with Crippen LogP contribution in [0.5, 0.6) is 0 Å². The fourth-order valence-electron chi connectivity index (χ4n) is 2.04. The van der Waals surface area contributed by atoms with Gasteiger partial charge in [-0.2, -0.15) is 13.2 Å². The lowest BCUT2D eigenvalue weighted by Gasteiger charge is -2.11. The molecule has 1 aromatic carbocycles. The van der Waals surface area contributed by atoms with Crippen LogP contribution in [0, 0.1) is 0 Å². The first kappa shape index (κ1) is 16.3. The molecule has 0 aliphatic rings. The largest absolute Gasteiger partial charge is 0.455 e. The Kier molecular flexibility index (Phi) is 4.39. The molecule has 0 unspecified atom stereocenters. The van der Waals surface area contributed by atoms with Gasteiger partial charge in [0.15, 0.2) is 5.76 Å². The molecule has 2 heterocycles. The van der Waals surface area contributed by atoms with Gasteiger partial charge >= 0.3 is 12.1 Å². The molecule has 0 radical (unpaired) electrons. The molecule has 0 N–H and O–H groups in total. The van der Waals surface area contributed by atoms with E-state index in [4.69, 9.17) is 9.26 Å². The molecule has 0 bridgehead atoms. The van der Waals surface area contributed by atoms with Crippen LogP contribution in [0.25, 0.3) is 10.6 Å². The van der Waals surface area contributed by atoms with Crippen LogP contribution in [0.15, 0.2) is 52.4 Å². The zero-order chi connectivity index (χ0) is 17.2. The highest BCUT2D eigenvalue weighted by atomic mass is 32.1. The summed E-state index contributed by atoms with van der Waals surface area (Å²) in [6, 6.07) is 9.72. The Morgan fingerprint density at radius 2 is 2.00 bits per heavy atom. The van der Waals surface area contributed by atoms with E-state index in [-0.39, 0.29) is 6.61 Å². The lowest BCUT2D eigenvalue weighted by atomic mass is 10.1. The second-order valence-electron chi connectivity index (χ2n) is 4.78. The van der Waals surface area contributed by atoms with E-state index in [1.54, 1.807) is 6.07 Å². The van der Waals surface area contributed by atoms with Crippen LogP contribution in [-0.4, -0.2) is 11.1 Å². The average Bonchev–Trinajstić information content (AvgIpc) is 3.23. The fourth-order valence-corrected chi connectivity index (χ4v) is 2.71. The van der Waals surface area contributed by atoms with Gasteiger partial charge in [0.05, 0.1) is 16.0 Å². The van der Waals surface area contributed by atoms with Crippen LogP contribution in [0.4, 0.5) is 13.2 Å². The van der Waals surface area contributed by atoms with Crippen LogP contribution in [0.3, 0.4) is 0 Å². The quantitative estimate of drug-likeness (QED) is 0.634. The molecule has 0 saturated heterocycles. The Hall–Kier alpha value is -2.61. The lowest BCUT2D eigenvalue weighted by Crippen LogP contribution is -2.15. The third kappa shape index (κ3) is 3.48. The smallest absolute Gasteiger partial charge is 0.417 e. The maximum atomic E-state index is 12.9. The van der Waals surface area contributed by atoms with E-state index in [0.29, 0.717) is 11.5 Å². The number of ether oxygens (including phenoxy) is 1. The number of hydrogen-bond donors (Lipinski definition) is 0. The van der Waals surface area contributed by atoms with Crippen LogP contribution < -0.4 is 0 Å². The van der Waals surface area contributed by atoms with E-state index in [1.165, 1.54) is 23.5 Å². The van der Waals surface area contributed by atoms with Gasteiger partial charge < -0.3 is 9.26 Å². The summed E-state index contributed by atoms with van der Waals surface area (Å²) >= 11 is 1.45. The number of alkyl halides is 3. The fraction of sp³-hybridized carbons (Fsp3) is 0.125. The number of carbonyl (C=O) groups is 1. The molecule has 0 amide bonds. The maximum absolute atomic E-state index is 12.9. The normalized spacial score (nSPS) is 11.5. The van der Waals surface area contributed by atoms with Crippen molar-refractivity contribution in [2.45, 2.75) is 12.8 Å². The Morgan fingerprint density at radius 3 is 2.71 bits per heavy atom. The third-order valence-corrected chi connectivity index (χ3v) is 4.01. The summed E-state index contributed by atoms with van der Waals surface area (Å²) in [6.07, 6.45) is -4.63. The highest BCUT2D eigenvalue weighted by Gasteiger charge is 2.35. The second-order valence-corrected chi connectivity index (χ2v) is 5.73. The number of carbonyl (C=O) groups excluding carboxylic acids is 1. The summed E-state index contributed by atoms with van der Waals surface area (Å²) in [5, 5.41) is 5.61. The summed E-state index contributed by atoms with van der Waals surface area (Å²) in [5.41, 5.74) is -1.25. The molecule has 0 aliphatic heterocycles. The molecule has 3 rings (SSSR count). The molecule has 8 heteroatoms. The zero-order valence-corrected chi connectivity index (χ0v) is 12.9. The van der Waals surface area contributed by atoms with Gasteiger partial charge in [-0.3, -0.25) is 0 Å². The van der Waals surface area contributed by atoms with Gasteiger partial charge in [0.25, 0.3) is 0 Å². The van der Waals surface area contributed by atoms with E-state index in [9.17, 15) is 18.0 Å². The number of hydrogen-bond acceptors (Lipinski definition) is 5. The summed E-state index contributed by atoms with van der Waals surface area (Å²) in [7, 11) is 0. The highest BCUT2D eigenvalue weighted by Crippen LogP contribution is 2.32. The minimum Gasteiger partial charge on any atom is -0.455 e. The molecular formula is C16H10F3NO3S. The molecule has 0 aliphatic carbocycles. The molecule has 3 aromatic rings. The van der Waals surface area contributed by atoms with Crippen molar-refractivity contribution in [2.24, 2.45) is 0 Å². The van der Waals surface area contributed by atoms with Gasteiger partial charge in [-0.05, 0) is 23.6 Å². The van der Waals surface area contributed by atoms with Gasteiger partial charge in [-0.25, -0.2) is 4.79 Å². The first-order valence-corrected chi connectivity index (χ1v) is 7.66. The van der Waals surface area contributed by atoms with Gasteiger partial charge in [0.2, 0.25) is 0 Å². The summed E-state index contributed by atoms with van der Waals surface area (Å²) < 4.78 is 48.7. The Morgan fingerprint density at radius 1 is 1.21 bits per heavy atom. The number of benzene rings is 1. The standard InChI is InChI=1S/C16H10F3NO3S/c17-16(18,19)12-5-2-1-4-11(12)15(21)22-9-10-8-13(23-20-10)14-6-3-7-24-14/h1-8H,9H2. The van der Waals surface area contributed by atoms with Crippen LogP contribution in [0.2, 0.25) is 0 Å². The summed E-state index contributed by atoms with van der Waals surface area (Å²) in [6.45, 7) is -0.278. The molecule has 0 atom stereocenters. The number of thiophene rings is 1. The number of aromatic nitrogens is 1. The van der Waals surface area contributed by atoms with Crippen molar-refractivity contribution in [3.05, 3.63) is 64.7 Å². The average molecular weight is 353 g/mol. The van der Waals surface area contributed by atoms with Crippen molar-refractivity contribution in [3.8, 4) is 10.6 Å².